The zero-order valence-corrected chi connectivity index (χ0v) is 12.2. The summed E-state index contributed by atoms with van der Waals surface area (Å²) in [5, 5.41) is 0. The first-order valence-corrected chi connectivity index (χ1v) is 6.88. The van der Waals surface area contributed by atoms with Crippen LogP contribution in [0.15, 0.2) is 46.9 Å². The maximum Gasteiger partial charge on any atom is 0.141 e. The maximum absolute atomic E-state index is 13.5. The maximum atomic E-state index is 13.5. The third-order valence-electron chi connectivity index (χ3n) is 2.88. The molecule has 0 fully saturated rings. The molecule has 19 heavy (non-hydrogen) atoms. The first-order valence-electron chi connectivity index (χ1n) is 6.09. The van der Waals surface area contributed by atoms with Gasteiger partial charge in [-0.15, -0.1) is 0 Å². The molecule has 100 valence electrons. The number of rotatable bonds is 4. The number of ether oxygens (including phenoxy) is 1. The van der Waals surface area contributed by atoms with Crippen molar-refractivity contribution in [1.29, 1.82) is 0 Å². The molecule has 0 saturated heterocycles. The second kappa shape index (κ2) is 6.17. The number of hydrogen-bond acceptors (Lipinski definition) is 2. The van der Waals surface area contributed by atoms with Crippen LogP contribution in [-0.4, -0.2) is 0 Å². The van der Waals surface area contributed by atoms with Crippen molar-refractivity contribution >= 4 is 15.9 Å². The molecular formula is C15H15BrFNO. The molecule has 2 rings (SSSR count). The van der Waals surface area contributed by atoms with Crippen LogP contribution in [0.1, 0.15) is 24.9 Å². The Morgan fingerprint density at radius 3 is 2.68 bits per heavy atom. The quantitative estimate of drug-likeness (QED) is 0.877. The Morgan fingerprint density at radius 1 is 1.26 bits per heavy atom. The van der Waals surface area contributed by atoms with Crippen LogP contribution in [0.4, 0.5) is 4.39 Å². The fourth-order valence-electron chi connectivity index (χ4n) is 1.77. The van der Waals surface area contributed by atoms with Crippen molar-refractivity contribution in [2.45, 2.75) is 19.4 Å². The van der Waals surface area contributed by atoms with Gasteiger partial charge in [0.25, 0.3) is 0 Å². The van der Waals surface area contributed by atoms with Gasteiger partial charge in [0.2, 0.25) is 0 Å². The van der Waals surface area contributed by atoms with E-state index in [0.29, 0.717) is 16.0 Å². The molecule has 0 unspecified atom stereocenters. The molecule has 1 atom stereocenters. The van der Waals surface area contributed by atoms with Crippen molar-refractivity contribution in [2.24, 2.45) is 5.73 Å². The molecule has 2 nitrogen and oxygen atoms in total. The van der Waals surface area contributed by atoms with Gasteiger partial charge >= 0.3 is 0 Å². The zero-order valence-electron chi connectivity index (χ0n) is 10.6. The van der Waals surface area contributed by atoms with E-state index in [1.807, 2.05) is 31.2 Å². The van der Waals surface area contributed by atoms with E-state index >= 15 is 0 Å². The number of para-hydroxylation sites is 1. The molecule has 2 aromatic carbocycles. The Balaban J connectivity index is 2.30. The van der Waals surface area contributed by atoms with Gasteiger partial charge in [0.05, 0.1) is 4.47 Å². The van der Waals surface area contributed by atoms with Crippen LogP contribution in [0.3, 0.4) is 0 Å². The lowest BCUT2D eigenvalue weighted by atomic mass is 10.0. The lowest BCUT2D eigenvalue weighted by Gasteiger charge is -2.15. The third kappa shape index (κ3) is 3.33. The van der Waals surface area contributed by atoms with Gasteiger partial charge in [-0.3, -0.25) is 0 Å². The lowest BCUT2D eigenvalue weighted by Crippen LogP contribution is -2.09. The highest BCUT2D eigenvalue weighted by molar-refractivity contribution is 9.10. The Bertz CT molecular complexity index is 574. The van der Waals surface area contributed by atoms with E-state index in [1.165, 1.54) is 6.07 Å². The van der Waals surface area contributed by atoms with E-state index in [-0.39, 0.29) is 11.9 Å². The molecular weight excluding hydrogens is 309 g/mol. The summed E-state index contributed by atoms with van der Waals surface area (Å²) >= 11 is 3.11. The molecule has 0 aliphatic heterocycles. The largest absolute Gasteiger partial charge is 0.457 e. The summed E-state index contributed by atoms with van der Waals surface area (Å²) in [6.07, 6.45) is 0.815. The lowest BCUT2D eigenvalue weighted by molar-refractivity contribution is 0.463. The van der Waals surface area contributed by atoms with Gasteiger partial charge in [-0.2, -0.15) is 0 Å². The number of halogens is 2. The van der Waals surface area contributed by atoms with Gasteiger partial charge in [-0.25, -0.2) is 4.39 Å². The highest BCUT2D eigenvalue weighted by Gasteiger charge is 2.11. The van der Waals surface area contributed by atoms with E-state index in [1.54, 1.807) is 12.1 Å². The molecule has 0 amide bonds. The minimum Gasteiger partial charge on any atom is -0.457 e. The Kier molecular flexibility index (Phi) is 4.56. The van der Waals surface area contributed by atoms with Crippen molar-refractivity contribution in [2.75, 3.05) is 0 Å². The first-order chi connectivity index (χ1) is 9.11. The Labute approximate surface area is 120 Å². The average molecular weight is 324 g/mol. The number of nitrogens with two attached hydrogens (primary N) is 1. The highest BCUT2D eigenvalue weighted by Crippen LogP contribution is 2.31. The molecule has 2 aromatic rings. The van der Waals surface area contributed by atoms with Crippen LogP contribution in [0.5, 0.6) is 11.5 Å². The topological polar surface area (TPSA) is 35.2 Å². The first kappa shape index (κ1) is 14.0. The van der Waals surface area contributed by atoms with Crippen molar-refractivity contribution in [1.82, 2.24) is 0 Å². The minimum atomic E-state index is -0.352. The average Bonchev–Trinajstić information content (AvgIpc) is 2.43. The van der Waals surface area contributed by atoms with E-state index < -0.39 is 0 Å². The summed E-state index contributed by atoms with van der Waals surface area (Å²) in [6, 6.07) is 12.1. The fraction of sp³-hybridized carbons (Fsp3) is 0.200. The van der Waals surface area contributed by atoms with Crippen molar-refractivity contribution in [3.63, 3.8) is 0 Å². The molecule has 0 saturated carbocycles. The molecule has 2 N–H and O–H groups in total. The van der Waals surface area contributed by atoms with Crippen LogP contribution < -0.4 is 10.5 Å². The Hall–Kier alpha value is -1.39. The molecule has 0 aromatic heterocycles. The molecule has 0 aliphatic carbocycles. The molecule has 0 heterocycles. The van der Waals surface area contributed by atoms with E-state index in [4.69, 9.17) is 10.5 Å². The zero-order chi connectivity index (χ0) is 13.8. The second-order valence-corrected chi connectivity index (χ2v) is 5.08. The van der Waals surface area contributed by atoms with Crippen molar-refractivity contribution in [3.8, 4) is 11.5 Å². The predicted molar refractivity (Wildman–Crippen MR) is 77.8 cm³/mol. The predicted octanol–water partition coefficient (Wildman–Crippen LogP) is 4.79. The minimum absolute atomic E-state index is 0.0866. The van der Waals surface area contributed by atoms with Crippen LogP contribution >= 0.6 is 15.9 Å². The SMILES string of the molecule is CC[C@H](N)c1ccccc1Oc1ccc(Br)c(F)c1. The summed E-state index contributed by atoms with van der Waals surface area (Å²) in [5.41, 5.74) is 6.97. The van der Waals surface area contributed by atoms with Crippen LogP contribution in [-0.2, 0) is 0 Å². The molecule has 4 heteroatoms. The van der Waals surface area contributed by atoms with E-state index in [9.17, 15) is 4.39 Å². The van der Waals surface area contributed by atoms with E-state index in [2.05, 4.69) is 15.9 Å². The van der Waals surface area contributed by atoms with Crippen molar-refractivity contribution in [3.05, 3.63) is 58.3 Å². The summed E-state index contributed by atoms with van der Waals surface area (Å²) in [4.78, 5) is 0. The normalized spacial score (nSPS) is 12.2. The standard InChI is InChI=1S/C15H15BrFNO/c1-2-14(18)11-5-3-4-6-15(11)19-10-7-8-12(16)13(17)9-10/h3-9,14H,2,18H2,1H3/t14-/m0/s1. The second-order valence-electron chi connectivity index (χ2n) is 4.23. The third-order valence-corrected chi connectivity index (χ3v) is 3.52. The Morgan fingerprint density at radius 2 is 2.00 bits per heavy atom. The molecule has 0 aliphatic rings. The van der Waals surface area contributed by atoms with Gasteiger partial charge in [-0.05, 0) is 40.5 Å². The summed E-state index contributed by atoms with van der Waals surface area (Å²) in [7, 11) is 0. The highest BCUT2D eigenvalue weighted by atomic mass is 79.9. The fourth-order valence-corrected chi connectivity index (χ4v) is 2.01. The van der Waals surface area contributed by atoms with Crippen LogP contribution in [0.25, 0.3) is 0 Å². The molecule has 0 spiro atoms. The summed E-state index contributed by atoms with van der Waals surface area (Å²) in [6.45, 7) is 2.01. The number of hydrogen-bond donors (Lipinski definition) is 1. The smallest absolute Gasteiger partial charge is 0.141 e. The van der Waals surface area contributed by atoms with Gasteiger partial charge in [0, 0.05) is 17.7 Å². The van der Waals surface area contributed by atoms with Crippen molar-refractivity contribution < 1.29 is 9.13 Å². The van der Waals surface area contributed by atoms with Gasteiger partial charge < -0.3 is 10.5 Å². The van der Waals surface area contributed by atoms with Gasteiger partial charge in [0.15, 0.2) is 0 Å². The molecule has 0 bridgehead atoms. The number of benzene rings is 2. The van der Waals surface area contributed by atoms with Gasteiger partial charge in [-0.1, -0.05) is 25.1 Å². The summed E-state index contributed by atoms with van der Waals surface area (Å²) < 4.78 is 19.6. The summed E-state index contributed by atoms with van der Waals surface area (Å²) in [5.74, 6) is 0.768. The monoisotopic (exact) mass is 323 g/mol. The van der Waals surface area contributed by atoms with Crippen LogP contribution in [0, 0.1) is 5.82 Å². The van der Waals surface area contributed by atoms with Crippen LogP contribution in [0.2, 0.25) is 0 Å². The molecule has 0 radical (unpaired) electrons. The van der Waals surface area contributed by atoms with Gasteiger partial charge in [0.1, 0.15) is 17.3 Å². The van der Waals surface area contributed by atoms with E-state index in [0.717, 1.165) is 12.0 Å².